The Labute approximate surface area is 162 Å². The number of hydrogen-bond acceptors (Lipinski definition) is 5. The van der Waals surface area contributed by atoms with Gasteiger partial charge in [0, 0.05) is 13.2 Å². The van der Waals surface area contributed by atoms with Crippen LogP contribution in [0.4, 0.5) is 0 Å². The lowest BCUT2D eigenvalue weighted by Gasteiger charge is -2.07. The molecule has 9 heteroatoms. The zero-order valence-electron chi connectivity index (χ0n) is 16.8. The lowest BCUT2D eigenvalue weighted by atomic mass is 10.1. The van der Waals surface area contributed by atoms with Gasteiger partial charge >= 0.3 is 7.82 Å². The number of phosphoric acid groups is 1. The molecule has 0 bridgehead atoms. The molecule has 27 heavy (non-hydrogen) atoms. The van der Waals surface area contributed by atoms with Crippen molar-refractivity contribution in [3.63, 3.8) is 0 Å². The molecule has 8 nitrogen and oxygen atoms in total. The van der Waals surface area contributed by atoms with Crippen molar-refractivity contribution in [1.82, 2.24) is 0 Å². The third-order valence-corrected chi connectivity index (χ3v) is 3.11. The van der Waals surface area contributed by atoms with Crippen LogP contribution in [0.3, 0.4) is 0 Å². The number of methoxy groups -OCH3 is 1. The van der Waals surface area contributed by atoms with Gasteiger partial charge in [-0.1, -0.05) is 33.8 Å². The van der Waals surface area contributed by atoms with Crippen LogP contribution < -0.4 is 4.74 Å². The predicted octanol–water partition coefficient (Wildman–Crippen LogP) is 3.06. The first kappa shape index (κ1) is 28.1. The van der Waals surface area contributed by atoms with E-state index < -0.39 is 7.82 Å². The highest BCUT2D eigenvalue weighted by Gasteiger charge is 2.01. The van der Waals surface area contributed by atoms with Crippen LogP contribution in [0.2, 0.25) is 0 Å². The van der Waals surface area contributed by atoms with E-state index in [-0.39, 0.29) is 12.4 Å². The smallest absolute Gasteiger partial charge is 0.466 e. The maximum Gasteiger partial charge on any atom is 0.466 e. The van der Waals surface area contributed by atoms with Crippen LogP contribution in [0.1, 0.15) is 46.1 Å². The first-order valence-electron chi connectivity index (χ1n) is 8.73. The summed E-state index contributed by atoms with van der Waals surface area (Å²) < 4.78 is 19.2. The van der Waals surface area contributed by atoms with Crippen LogP contribution in [0.5, 0.6) is 11.5 Å². The van der Waals surface area contributed by atoms with Gasteiger partial charge in [-0.3, -0.25) is 0 Å². The van der Waals surface area contributed by atoms with Crippen molar-refractivity contribution in [2.75, 3.05) is 20.3 Å². The van der Waals surface area contributed by atoms with Gasteiger partial charge in [-0.2, -0.15) is 0 Å². The van der Waals surface area contributed by atoms with E-state index in [4.69, 9.17) is 38.9 Å². The maximum absolute atomic E-state index is 9.12. The van der Waals surface area contributed by atoms with Crippen molar-refractivity contribution in [2.24, 2.45) is 11.8 Å². The van der Waals surface area contributed by atoms with Gasteiger partial charge in [0.2, 0.25) is 0 Å². The first-order valence-corrected chi connectivity index (χ1v) is 10.3. The molecule has 1 rings (SSSR count). The third kappa shape index (κ3) is 22.8. The second kappa shape index (κ2) is 15.9. The number of rotatable bonds is 8. The number of aliphatic hydroxyl groups excluding tert-OH is 1. The van der Waals surface area contributed by atoms with Gasteiger partial charge in [0.25, 0.3) is 0 Å². The summed E-state index contributed by atoms with van der Waals surface area (Å²) in [5.41, 5.74) is 0.722. The number of phenols is 1. The minimum absolute atomic E-state index is 0.0450. The average molecular weight is 410 g/mol. The van der Waals surface area contributed by atoms with Crippen LogP contribution in [-0.2, 0) is 15.9 Å². The molecule has 5 N–H and O–H groups in total. The number of aliphatic hydroxyl groups is 1. The standard InChI is InChI=1S/C10H22O.C8H10O3.H3O4P/c1-9(2)5-7-11-8-6-10(3)4;1-11-8-4-6(5-9)2-3-7(8)10;1-5(2,3)4/h9-10H,5-8H2,1-4H3;2-4,9-10H,5H2,1H3;(H3,1,2,3,4). The highest BCUT2D eigenvalue weighted by Crippen LogP contribution is 2.26. The SMILES string of the molecule is CC(C)CCOCCC(C)C.COc1cc(CO)ccc1O.O=P(O)(O)O. The van der Waals surface area contributed by atoms with E-state index in [1.165, 1.54) is 26.0 Å². The highest BCUT2D eigenvalue weighted by molar-refractivity contribution is 7.45. The molecule has 0 amide bonds. The molecule has 0 aliphatic rings. The molecule has 160 valence electrons. The summed E-state index contributed by atoms with van der Waals surface area (Å²) in [6.07, 6.45) is 2.39. The van der Waals surface area contributed by atoms with Gasteiger partial charge in [0.05, 0.1) is 13.7 Å². The Morgan fingerprint density at radius 2 is 1.44 bits per heavy atom. The Hall–Kier alpha value is -1.15. The molecule has 0 aliphatic carbocycles. The number of benzene rings is 1. The van der Waals surface area contributed by atoms with Gasteiger partial charge in [0.1, 0.15) is 0 Å². The summed E-state index contributed by atoms with van der Waals surface area (Å²) in [5, 5.41) is 17.8. The summed E-state index contributed by atoms with van der Waals surface area (Å²) in [6, 6.07) is 4.72. The highest BCUT2D eigenvalue weighted by atomic mass is 31.2. The van der Waals surface area contributed by atoms with Crippen molar-refractivity contribution in [1.29, 1.82) is 0 Å². The summed E-state index contributed by atoms with van der Waals surface area (Å²) >= 11 is 0. The first-order chi connectivity index (χ1) is 12.4. The number of aromatic hydroxyl groups is 1. The van der Waals surface area contributed by atoms with E-state index in [1.54, 1.807) is 12.1 Å². The molecule has 0 fully saturated rings. The molecule has 0 spiro atoms. The Bertz CT molecular complexity index is 510. The molecule has 0 aromatic heterocycles. The van der Waals surface area contributed by atoms with E-state index in [9.17, 15) is 0 Å². The van der Waals surface area contributed by atoms with E-state index >= 15 is 0 Å². The van der Waals surface area contributed by atoms with E-state index in [1.807, 2.05) is 0 Å². The van der Waals surface area contributed by atoms with Gasteiger partial charge in [-0.25, -0.2) is 4.57 Å². The molecule has 0 saturated carbocycles. The Balaban J connectivity index is 0. The number of ether oxygens (including phenoxy) is 2. The van der Waals surface area contributed by atoms with Crippen LogP contribution in [-0.4, -0.2) is 45.2 Å². The fourth-order valence-corrected chi connectivity index (χ4v) is 1.56. The fourth-order valence-electron chi connectivity index (χ4n) is 1.56. The Morgan fingerprint density at radius 1 is 1.00 bits per heavy atom. The van der Waals surface area contributed by atoms with E-state index in [0.717, 1.165) is 30.6 Å². The Morgan fingerprint density at radius 3 is 1.78 bits per heavy atom. The predicted molar refractivity (Wildman–Crippen MR) is 105 cm³/mol. The molecule has 0 aliphatic heterocycles. The van der Waals surface area contributed by atoms with Crippen molar-refractivity contribution >= 4 is 7.82 Å². The molecule has 0 heterocycles. The minimum Gasteiger partial charge on any atom is -0.504 e. The molecule has 1 aromatic carbocycles. The molecule has 0 atom stereocenters. The van der Waals surface area contributed by atoms with E-state index in [0.29, 0.717) is 5.75 Å². The summed E-state index contributed by atoms with van der Waals surface area (Å²) in [5.74, 6) is 2.02. The summed E-state index contributed by atoms with van der Waals surface area (Å²) in [4.78, 5) is 21.6. The van der Waals surface area contributed by atoms with Crippen molar-refractivity contribution in [2.45, 2.75) is 47.1 Å². The molecule has 0 saturated heterocycles. The normalized spacial score (nSPS) is 10.8. The topological polar surface area (TPSA) is 137 Å². The number of hydrogen-bond donors (Lipinski definition) is 5. The van der Waals surface area contributed by atoms with Crippen LogP contribution in [0.15, 0.2) is 18.2 Å². The molecule has 1 aromatic rings. The summed E-state index contributed by atoms with van der Waals surface area (Å²) in [6.45, 7) is 10.7. The van der Waals surface area contributed by atoms with Crippen LogP contribution >= 0.6 is 7.82 Å². The van der Waals surface area contributed by atoms with Crippen LogP contribution in [0, 0.1) is 11.8 Å². The zero-order chi connectivity index (χ0) is 21.5. The van der Waals surface area contributed by atoms with Gasteiger partial charge in [0.15, 0.2) is 11.5 Å². The van der Waals surface area contributed by atoms with E-state index in [2.05, 4.69) is 27.7 Å². The lowest BCUT2D eigenvalue weighted by Crippen LogP contribution is -2.02. The van der Waals surface area contributed by atoms with Gasteiger partial charge < -0.3 is 34.4 Å². The van der Waals surface area contributed by atoms with Crippen molar-refractivity contribution in [3.05, 3.63) is 23.8 Å². The maximum atomic E-state index is 9.12. The third-order valence-electron chi connectivity index (χ3n) is 3.11. The quantitative estimate of drug-likeness (QED) is 0.326. The van der Waals surface area contributed by atoms with Gasteiger partial charge in [-0.05, 0) is 42.4 Å². The molecule has 0 radical (unpaired) electrons. The average Bonchev–Trinajstić information content (AvgIpc) is 2.53. The van der Waals surface area contributed by atoms with Gasteiger partial charge in [-0.15, -0.1) is 0 Å². The zero-order valence-corrected chi connectivity index (χ0v) is 17.7. The lowest BCUT2D eigenvalue weighted by molar-refractivity contribution is 0.114. The Kier molecular flexibility index (Phi) is 16.5. The minimum atomic E-state index is -4.64. The molecule has 0 unspecified atom stereocenters. The largest absolute Gasteiger partial charge is 0.504 e. The monoisotopic (exact) mass is 410 g/mol. The number of phenolic OH excluding ortho intramolecular Hbond substituents is 1. The molecular formula is C18H35O8P. The second-order valence-corrected chi connectivity index (χ2v) is 7.68. The van der Waals surface area contributed by atoms with Crippen molar-refractivity contribution < 1.29 is 38.9 Å². The second-order valence-electron chi connectivity index (χ2n) is 6.66. The summed E-state index contributed by atoms with van der Waals surface area (Å²) in [7, 11) is -3.17. The van der Waals surface area contributed by atoms with Crippen molar-refractivity contribution in [3.8, 4) is 11.5 Å². The fraction of sp³-hybridized carbons (Fsp3) is 0.667. The molecular weight excluding hydrogens is 375 g/mol. The van der Waals surface area contributed by atoms with Crippen LogP contribution in [0.25, 0.3) is 0 Å².